The number of hydrogen-bond acceptors (Lipinski definition) is 2. The number of aryl methyl sites for hydroxylation is 1. The van der Waals surface area contributed by atoms with E-state index in [4.69, 9.17) is 11.6 Å². The van der Waals surface area contributed by atoms with E-state index in [0.29, 0.717) is 6.04 Å². The molecular formula is C15H26ClNS. The number of thiophene rings is 1. The maximum absolute atomic E-state index is 6.41. The third-order valence-electron chi connectivity index (χ3n) is 3.30. The third-order valence-corrected chi connectivity index (χ3v) is 5.13. The van der Waals surface area contributed by atoms with Crippen molar-refractivity contribution in [2.45, 2.75) is 59.4 Å². The van der Waals surface area contributed by atoms with Gasteiger partial charge in [-0.15, -0.1) is 11.3 Å². The fraction of sp³-hybridized carbons (Fsp3) is 0.733. The summed E-state index contributed by atoms with van der Waals surface area (Å²) in [6.07, 6.45) is 4.92. The predicted octanol–water partition coefficient (Wildman–Crippen LogP) is 5.58. The van der Waals surface area contributed by atoms with E-state index in [1.54, 1.807) is 11.3 Å². The highest BCUT2D eigenvalue weighted by Gasteiger charge is 2.19. The molecule has 0 bridgehead atoms. The zero-order valence-electron chi connectivity index (χ0n) is 12.1. The summed E-state index contributed by atoms with van der Waals surface area (Å²) in [7, 11) is 0. The van der Waals surface area contributed by atoms with E-state index in [0.717, 1.165) is 17.5 Å². The van der Waals surface area contributed by atoms with Gasteiger partial charge in [0.25, 0.3) is 0 Å². The molecule has 0 aromatic carbocycles. The van der Waals surface area contributed by atoms with Crippen molar-refractivity contribution in [1.82, 2.24) is 5.32 Å². The maximum atomic E-state index is 6.41. The summed E-state index contributed by atoms with van der Waals surface area (Å²) in [5.74, 6) is 0.753. The summed E-state index contributed by atoms with van der Waals surface area (Å²) in [6, 6.07) is 0.428. The van der Waals surface area contributed by atoms with Gasteiger partial charge in [0.2, 0.25) is 0 Å². The van der Waals surface area contributed by atoms with Crippen LogP contribution < -0.4 is 5.32 Å². The highest BCUT2D eigenvalue weighted by molar-refractivity contribution is 7.10. The molecule has 1 heterocycles. The molecule has 0 spiro atoms. The van der Waals surface area contributed by atoms with E-state index in [-0.39, 0.29) is 0 Å². The lowest BCUT2D eigenvalue weighted by atomic mass is 9.96. The zero-order valence-corrected chi connectivity index (χ0v) is 13.6. The van der Waals surface area contributed by atoms with E-state index in [1.807, 2.05) is 0 Å². The highest BCUT2D eigenvalue weighted by Crippen LogP contribution is 2.35. The van der Waals surface area contributed by atoms with Gasteiger partial charge in [-0.3, -0.25) is 0 Å². The van der Waals surface area contributed by atoms with Gasteiger partial charge in [0, 0.05) is 10.9 Å². The summed E-state index contributed by atoms with van der Waals surface area (Å²) >= 11 is 8.21. The van der Waals surface area contributed by atoms with Gasteiger partial charge in [0.15, 0.2) is 0 Å². The van der Waals surface area contributed by atoms with Crippen LogP contribution in [0.5, 0.6) is 0 Å². The van der Waals surface area contributed by atoms with E-state index >= 15 is 0 Å². The van der Waals surface area contributed by atoms with Crippen LogP contribution in [0.1, 0.15) is 62.9 Å². The first-order valence-corrected chi connectivity index (χ1v) is 8.32. The van der Waals surface area contributed by atoms with E-state index < -0.39 is 0 Å². The Bertz CT molecular complexity index is 348. The molecule has 1 N–H and O–H groups in total. The zero-order chi connectivity index (χ0) is 13.5. The Balaban J connectivity index is 2.74. The van der Waals surface area contributed by atoms with Crippen LogP contribution in [0.25, 0.3) is 0 Å². The first-order valence-electron chi connectivity index (χ1n) is 7.06. The summed E-state index contributed by atoms with van der Waals surface area (Å²) in [6.45, 7) is 9.97. The molecule has 2 atom stereocenters. The molecule has 0 saturated carbocycles. The summed E-state index contributed by atoms with van der Waals surface area (Å²) in [5.41, 5.74) is 1.21. The van der Waals surface area contributed by atoms with Gasteiger partial charge in [0.05, 0.1) is 5.02 Å². The third kappa shape index (κ3) is 4.56. The minimum atomic E-state index is 0.428. The van der Waals surface area contributed by atoms with Crippen LogP contribution >= 0.6 is 22.9 Å². The minimum absolute atomic E-state index is 0.428. The molecule has 3 heteroatoms. The molecule has 0 aliphatic rings. The van der Waals surface area contributed by atoms with Crippen molar-refractivity contribution < 1.29 is 0 Å². The second-order valence-electron chi connectivity index (χ2n) is 5.23. The Hall–Kier alpha value is -0.0500. The van der Waals surface area contributed by atoms with Crippen LogP contribution in [0.3, 0.4) is 0 Å². The topological polar surface area (TPSA) is 12.0 Å². The van der Waals surface area contributed by atoms with Gasteiger partial charge in [-0.1, -0.05) is 45.2 Å². The second kappa shape index (κ2) is 8.19. The Labute approximate surface area is 121 Å². The molecule has 0 saturated heterocycles. The Morgan fingerprint density at radius 2 is 2.06 bits per heavy atom. The highest BCUT2D eigenvalue weighted by atomic mass is 35.5. The SMILES string of the molecule is CCCNC(CC(C)CCC)c1scc(C)c1Cl. The lowest BCUT2D eigenvalue weighted by molar-refractivity contribution is 0.394. The van der Waals surface area contributed by atoms with Gasteiger partial charge in [-0.2, -0.15) is 0 Å². The molecule has 0 aliphatic carbocycles. The van der Waals surface area contributed by atoms with Crippen molar-refractivity contribution in [3.05, 3.63) is 20.8 Å². The fourth-order valence-corrected chi connectivity index (χ4v) is 3.71. The van der Waals surface area contributed by atoms with Crippen molar-refractivity contribution in [2.24, 2.45) is 5.92 Å². The molecule has 1 aromatic heterocycles. The number of nitrogens with one attached hydrogen (secondary N) is 1. The van der Waals surface area contributed by atoms with Crippen molar-refractivity contribution >= 4 is 22.9 Å². The standard InChI is InChI=1S/C15H26ClNS/c1-5-7-11(3)9-13(17-8-6-2)15-14(16)12(4)10-18-15/h10-11,13,17H,5-9H2,1-4H3. The van der Waals surface area contributed by atoms with Crippen LogP contribution in [-0.4, -0.2) is 6.54 Å². The predicted molar refractivity (Wildman–Crippen MR) is 83.8 cm³/mol. The first-order chi connectivity index (χ1) is 8.60. The van der Waals surface area contributed by atoms with Crippen molar-refractivity contribution in [1.29, 1.82) is 0 Å². The molecule has 0 amide bonds. The quantitative estimate of drug-likeness (QED) is 0.658. The molecule has 1 nitrogen and oxygen atoms in total. The van der Waals surface area contributed by atoms with Crippen LogP contribution in [0, 0.1) is 12.8 Å². The van der Waals surface area contributed by atoms with Gasteiger partial charge in [-0.05, 0) is 43.2 Å². The number of rotatable bonds is 8. The van der Waals surface area contributed by atoms with Gasteiger partial charge in [0.1, 0.15) is 0 Å². The molecule has 0 aliphatic heterocycles. The number of halogens is 1. The lowest BCUT2D eigenvalue weighted by Gasteiger charge is -2.21. The summed E-state index contributed by atoms with van der Waals surface area (Å²) < 4.78 is 0. The van der Waals surface area contributed by atoms with Crippen LogP contribution in [-0.2, 0) is 0 Å². The van der Waals surface area contributed by atoms with E-state index in [2.05, 4.69) is 38.4 Å². The average molecular weight is 288 g/mol. The molecule has 18 heavy (non-hydrogen) atoms. The lowest BCUT2D eigenvalue weighted by Crippen LogP contribution is -2.23. The maximum Gasteiger partial charge on any atom is 0.0590 e. The van der Waals surface area contributed by atoms with Crippen LogP contribution in [0.15, 0.2) is 5.38 Å². The molecule has 104 valence electrons. The fourth-order valence-electron chi connectivity index (χ4n) is 2.30. The molecule has 1 aromatic rings. The average Bonchev–Trinajstić information content (AvgIpc) is 2.66. The van der Waals surface area contributed by atoms with Crippen LogP contribution in [0.4, 0.5) is 0 Å². The van der Waals surface area contributed by atoms with Gasteiger partial charge >= 0.3 is 0 Å². The normalized spacial score (nSPS) is 14.7. The number of hydrogen-bond donors (Lipinski definition) is 1. The molecule has 0 radical (unpaired) electrons. The van der Waals surface area contributed by atoms with Crippen molar-refractivity contribution in [3.63, 3.8) is 0 Å². The summed E-state index contributed by atoms with van der Waals surface area (Å²) in [5, 5.41) is 6.79. The Kier molecular flexibility index (Phi) is 7.28. The first kappa shape index (κ1) is 16.0. The monoisotopic (exact) mass is 287 g/mol. The van der Waals surface area contributed by atoms with Gasteiger partial charge in [-0.25, -0.2) is 0 Å². The minimum Gasteiger partial charge on any atom is -0.309 e. The largest absolute Gasteiger partial charge is 0.309 e. The Morgan fingerprint density at radius 1 is 1.33 bits per heavy atom. The van der Waals surface area contributed by atoms with Crippen molar-refractivity contribution in [2.75, 3.05) is 6.54 Å². The molecule has 1 rings (SSSR count). The summed E-state index contributed by atoms with van der Waals surface area (Å²) in [4.78, 5) is 1.32. The van der Waals surface area contributed by atoms with Crippen molar-refractivity contribution in [3.8, 4) is 0 Å². The molecule has 2 unspecified atom stereocenters. The van der Waals surface area contributed by atoms with E-state index in [9.17, 15) is 0 Å². The van der Waals surface area contributed by atoms with Gasteiger partial charge < -0.3 is 5.32 Å². The molecule has 0 fully saturated rings. The smallest absolute Gasteiger partial charge is 0.0590 e. The van der Waals surface area contributed by atoms with Crippen LogP contribution in [0.2, 0.25) is 5.02 Å². The molecular weight excluding hydrogens is 262 g/mol. The van der Waals surface area contributed by atoms with E-state index in [1.165, 1.54) is 36.1 Å². The Morgan fingerprint density at radius 3 is 2.56 bits per heavy atom. The second-order valence-corrected chi connectivity index (χ2v) is 6.52.